The fraction of sp³-hybridized carbons (Fsp3) is 0.308. The first kappa shape index (κ1) is 24.1. The van der Waals surface area contributed by atoms with Crippen LogP contribution in [0.4, 0.5) is 11.4 Å². The number of nitrogens with one attached hydrogen (secondary N) is 3. The third-order valence-electron chi connectivity index (χ3n) is 5.69. The minimum absolute atomic E-state index is 0.196. The Morgan fingerprint density at radius 2 is 1.52 bits per heavy atom. The highest BCUT2D eigenvalue weighted by Gasteiger charge is 2.42. The van der Waals surface area contributed by atoms with E-state index in [1.165, 1.54) is 14.2 Å². The molecular formula is C26H31N3O4. The van der Waals surface area contributed by atoms with Crippen molar-refractivity contribution in [1.82, 2.24) is 5.32 Å². The maximum absolute atomic E-state index is 12.8. The van der Waals surface area contributed by atoms with Crippen molar-refractivity contribution in [1.29, 1.82) is 0 Å². The Labute approximate surface area is 194 Å². The van der Waals surface area contributed by atoms with E-state index in [2.05, 4.69) is 16.0 Å². The van der Waals surface area contributed by atoms with Crippen LogP contribution in [0.1, 0.15) is 19.3 Å². The normalized spacial score (nSPS) is 17.7. The van der Waals surface area contributed by atoms with Gasteiger partial charge in [-0.3, -0.25) is 0 Å². The summed E-state index contributed by atoms with van der Waals surface area (Å²) in [7, 11) is 4.53. The molecule has 0 bridgehead atoms. The summed E-state index contributed by atoms with van der Waals surface area (Å²) < 4.78 is 10.0. The fourth-order valence-electron chi connectivity index (χ4n) is 4.05. The van der Waals surface area contributed by atoms with E-state index in [1.807, 2.05) is 67.7 Å². The first-order valence-electron chi connectivity index (χ1n) is 10.9. The Bertz CT molecular complexity index is 1020. The first-order valence-corrected chi connectivity index (χ1v) is 10.9. The molecule has 0 heterocycles. The van der Waals surface area contributed by atoms with Crippen LogP contribution in [0, 0.1) is 0 Å². The summed E-state index contributed by atoms with van der Waals surface area (Å²) in [5.41, 5.74) is 2.37. The van der Waals surface area contributed by atoms with E-state index in [0.717, 1.165) is 30.0 Å². The molecule has 7 nitrogen and oxygen atoms in total. The Balaban J connectivity index is 2.15. The third kappa shape index (κ3) is 5.81. The smallest absolute Gasteiger partial charge is 0.338 e. The van der Waals surface area contributed by atoms with Gasteiger partial charge in [-0.25, -0.2) is 9.59 Å². The molecule has 1 unspecified atom stereocenters. The molecule has 1 atom stereocenters. The second-order valence-corrected chi connectivity index (χ2v) is 7.88. The number of ether oxygens (including phenoxy) is 2. The molecule has 3 rings (SSSR count). The number of hydrogen-bond acceptors (Lipinski definition) is 7. The zero-order valence-electron chi connectivity index (χ0n) is 19.3. The summed E-state index contributed by atoms with van der Waals surface area (Å²) in [6.07, 6.45) is 3.51. The average Bonchev–Trinajstić information content (AvgIpc) is 2.85. The van der Waals surface area contributed by atoms with Gasteiger partial charge in [-0.05, 0) is 56.8 Å². The van der Waals surface area contributed by atoms with E-state index < -0.39 is 17.5 Å². The minimum Gasteiger partial charge on any atom is -0.466 e. The van der Waals surface area contributed by atoms with E-state index in [0.29, 0.717) is 6.42 Å². The van der Waals surface area contributed by atoms with Crippen LogP contribution < -0.4 is 16.0 Å². The number of rotatable bonds is 10. The molecule has 0 aromatic heterocycles. The standard InChI is InChI=1S/C26H31N3O4/c1-27-16-10-15-26(29-20-13-8-5-9-14-20)18-22(25(31)33-3)21(24(30)32-2)17-23(26)28-19-11-6-4-7-12-19/h4-9,11-14,17,27-29H,10,15-16,18H2,1-3H3. The molecule has 0 fully saturated rings. The summed E-state index contributed by atoms with van der Waals surface area (Å²) in [5.74, 6) is -1.12. The van der Waals surface area contributed by atoms with E-state index in [-0.39, 0.29) is 17.6 Å². The second-order valence-electron chi connectivity index (χ2n) is 7.88. The lowest BCUT2D eigenvalue weighted by Crippen LogP contribution is -2.47. The lowest BCUT2D eigenvalue weighted by molar-refractivity contribution is -0.139. The molecule has 2 aromatic rings. The Hall–Kier alpha value is -3.58. The Morgan fingerprint density at radius 3 is 2.09 bits per heavy atom. The van der Waals surface area contributed by atoms with Gasteiger partial charge in [0.2, 0.25) is 0 Å². The second kappa shape index (κ2) is 11.3. The van der Waals surface area contributed by atoms with Gasteiger partial charge in [0, 0.05) is 23.5 Å². The van der Waals surface area contributed by atoms with Crippen molar-refractivity contribution in [2.75, 3.05) is 38.4 Å². The molecular weight excluding hydrogens is 418 g/mol. The van der Waals surface area contributed by atoms with Crippen molar-refractivity contribution in [3.05, 3.63) is 83.6 Å². The zero-order valence-corrected chi connectivity index (χ0v) is 19.3. The first-order chi connectivity index (χ1) is 16.0. The molecule has 0 saturated carbocycles. The molecule has 2 aromatic carbocycles. The lowest BCUT2D eigenvalue weighted by Gasteiger charge is -2.41. The monoisotopic (exact) mass is 449 g/mol. The van der Waals surface area contributed by atoms with Crippen LogP contribution in [0.5, 0.6) is 0 Å². The van der Waals surface area contributed by atoms with Gasteiger partial charge in [0.1, 0.15) is 0 Å². The molecule has 7 heteroatoms. The van der Waals surface area contributed by atoms with Gasteiger partial charge in [-0.15, -0.1) is 0 Å². The Kier molecular flexibility index (Phi) is 8.27. The van der Waals surface area contributed by atoms with Crippen LogP contribution in [0.2, 0.25) is 0 Å². The van der Waals surface area contributed by atoms with Crippen molar-refractivity contribution in [3.63, 3.8) is 0 Å². The highest BCUT2D eigenvalue weighted by molar-refractivity contribution is 6.03. The van der Waals surface area contributed by atoms with Crippen molar-refractivity contribution in [3.8, 4) is 0 Å². The molecule has 3 N–H and O–H groups in total. The summed E-state index contributed by atoms with van der Waals surface area (Å²) >= 11 is 0. The van der Waals surface area contributed by atoms with Crippen LogP contribution in [-0.4, -0.2) is 45.3 Å². The number of carbonyl (C=O) groups excluding carboxylic acids is 2. The number of carbonyl (C=O) groups is 2. The van der Waals surface area contributed by atoms with Crippen LogP contribution in [0.25, 0.3) is 0 Å². The maximum atomic E-state index is 12.8. The van der Waals surface area contributed by atoms with Gasteiger partial charge in [-0.1, -0.05) is 36.4 Å². The summed E-state index contributed by atoms with van der Waals surface area (Å²) in [6, 6.07) is 19.6. The van der Waals surface area contributed by atoms with Crippen LogP contribution in [-0.2, 0) is 19.1 Å². The predicted molar refractivity (Wildman–Crippen MR) is 130 cm³/mol. The number of hydrogen-bond donors (Lipinski definition) is 3. The number of benzene rings is 2. The van der Waals surface area contributed by atoms with Gasteiger partial charge >= 0.3 is 11.9 Å². The predicted octanol–water partition coefficient (Wildman–Crippen LogP) is 3.88. The minimum atomic E-state index is -0.685. The largest absolute Gasteiger partial charge is 0.466 e. The number of para-hydroxylation sites is 2. The van der Waals surface area contributed by atoms with Gasteiger partial charge in [0.15, 0.2) is 0 Å². The van der Waals surface area contributed by atoms with Crippen molar-refractivity contribution < 1.29 is 19.1 Å². The average molecular weight is 450 g/mol. The van der Waals surface area contributed by atoms with Gasteiger partial charge < -0.3 is 25.4 Å². The van der Waals surface area contributed by atoms with Crippen molar-refractivity contribution in [2.45, 2.75) is 24.8 Å². The maximum Gasteiger partial charge on any atom is 0.338 e. The van der Waals surface area contributed by atoms with Crippen LogP contribution in [0.15, 0.2) is 83.6 Å². The van der Waals surface area contributed by atoms with Gasteiger partial charge in [0.05, 0.1) is 30.9 Å². The molecule has 1 aliphatic carbocycles. The molecule has 0 aliphatic heterocycles. The van der Waals surface area contributed by atoms with Crippen molar-refractivity contribution in [2.24, 2.45) is 0 Å². The van der Waals surface area contributed by atoms with E-state index >= 15 is 0 Å². The molecule has 33 heavy (non-hydrogen) atoms. The number of anilines is 2. The molecule has 0 saturated heterocycles. The summed E-state index contributed by atoms with van der Waals surface area (Å²) in [4.78, 5) is 25.4. The molecule has 0 radical (unpaired) electrons. The lowest BCUT2D eigenvalue weighted by atomic mass is 9.76. The van der Waals surface area contributed by atoms with E-state index in [4.69, 9.17) is 9.47 Å². The van der Waals surface area contributed by atoms with Crippen LogP contribution in [0.3, 0.4) is 0 Å². The third-order valence-corrected chi connectivity index (χ3v) is 5.69. The number of methoxy groups -OCH3 is 2. The van der Waals surface area contributed by atoms with Crippen LogP contribution >= 0.6 is 0 Å². The topological polar surface area (TPSA) is 88.7 Å². The molecule has 0 amide bonds. The molecule has 1 aliphatic rings. The van der Waals surface area contributed by atoms with E-state index in [9.17, 15) is 9.59 Å². The molecule has 174 valence electrons. The molecule has 0 spiro atoms. The van der Waals surface area contributed by atoms with Crippen molar-refractivity contribution >= 4 is 23.3 Å². The fourth-order valence-corrected chi connectivity index (χ4v) is 4.05. The highest BCUT2D eigenvalue weighted by Crippen LogP contribution is 2.40. The SMILES string of the molecule is CNCCCC1(Nc2ccccc2)CC(C(=O)OC)=C(C(=O)OC)C=C1Nc1ccccc1. The summed E-state index contributed by atoms with van der Waals surface area (Å²) in [5, 5.41) is 10.3. The quantitative estimate of drug-likeness (QED) is 0.375. The van der Waals surface area contributed by atoms with Gasteiger partial charge in [0.25, 0.3) is 0 Å². The number of esters is 2. The van der Waals surface area contributed by atoms with E-state index in [1.54, 1.807) is 6.08 Å². The highest BCUT2D eigenvalue weighted by atomic mass is 16.5. The zero-order chi connectivity index (χ0) is 23.7. The van der Waals surface area contributed by atoms with Gasteiger partial charge in [-0.2, -0.15) is 0 Å². The summed E-state index contributed by atoms with van der Waals surface area (Å²) in [6.45, 7) is 0.804. The Morgan fingerprint density at radius 1 is 0.909 bits per heavy atom.